The lowest BCUT2D eigenvalue weighted by Crippen LogP contribution is -2.08. The van der Waals surface area contributed by atoms with E-state index in [1.807, 2.05) is 12.1 Å². The van der Waals surface area contributed by atoms with Crippen LogP contribution in [-0.2, 0) is 22.9 Å². The fourth-order valence-corrected chi connectivity index (χ4v) is 4.86. The number of ether oxygens (including phenoxy) is 3. The van der Waals surface area contributed by atoms with E-state index in [0.29, 0.717) is 5.75 Å². The second-order valence-electron chi connectivity index (χ2n) is 7.89. The molecule has 1 atom stereocenters. The first kappa shape index (κ1) is 23.0. The highest BCUT2D eigenvalue weighted by molar-refractivity contribution is 7.90. The molecule has 0 bridgehead atoms. The molecule has 3 aromatic carbocycles. The smallest absolute Gasteiger partial charge is 0.387 e. The second-order valence-corrected chi connectivity index (χ2v) is 9.90. The molecule has 0 spiro atoms. The van der Waals surface area contributed by atoms with Crippen LogP contribution in [0.15, 0.2) is 65.6 Å². The highest BCUT2D eigenvalue weighted by atomic mass is 32.2. The molecule has 4 rings (SSSR count). The first-order valence-corrected chi connectivity index (χ1v) is 12.3. The molecule has 8 heteroatoms. The minimum atomic E-state index is -3.31. The normalized spacial score (nSPS) is 15.4. The number of alkyl halides is 2. The highest BCUT2D eigenvalue weighted by Gasteiger charge is 2.29. The van der Waals surface area contributed by atoms with Crippen LogP contribution in [0.3, 0.4) is 0 Å². The van der Waals surface area contributed by atoms with Crippen molar-refractivity contribution in [2.45, 2.75) is 36.9 Å². The molecular weight excluding hydrogens is 450 g/mol. The Kier molecular flexibility index (Phi) is 6.56. The molecule has 0 aromatic heterocycles. The first-order chi connectivity index (χ1) is 15.8. The number of hydrogen-bond acceptors (Lipinski definition) is 5. The van der Waals surface area contributed by atoms with Gasteiger partial charge >= 0.3 is 6.61 Å². The third-order valence-electron chi connectivity index (χ3n) is 5.77. The third kappa shape index (κ3) is 4.95. The fraction of sp³-hybridized carbons (Fsp3) is 0.280. The number of sulfone groups is 1. The van der Waals surface area contributed by atoms with Gasteiger partial charge in [-0.25, -0.2) is 8.42 Å². The number of methoxy groups -OCH3 is 1. The molecule has 33 heavy (non-hydrogen) atoms. The summed E-state index contributed by atoms with van der Waals surface area (Å²) >= 11 is 0. The van der Waals surface area contributed by atoms with Crippen molar-refractivity contribution in [2.75, 3.05) is 13.4 Å². The van der Waals surface area contributed by atoms with Crippen molar-refractivity contribution in [1.29, 1.82) is 0 Å². The summed E-state index contributed by atoms with van der Waals surface area (Å²) in [5.41, 5.74) is 3.97. The lowest BCUT2D eigenvalue weighted by Gasteiger charge is -2.22. The third-order valence-corrected chi connectivity index (χ3v) is 6.90. The van der Waals surface area contributed by atoms with E-state index < -0.39 is 16.4 Å². The average Bonchev–Trinajstić information content (AvgIpc) is 3.21. The van der Waals surface area contributed by atoms with Gasteiger partial charge in [-0.2, -0.15) is 8.78 Å². The molecule has 0 fully saturated rings. The van der Waals surface area contributed by atoms with Gasteiger partial charge < -0.3 is 14.2 Å². The maximum Gasteiger partial charge on any atom is 0.387 e. The Morgan fingerprint density at radius 2 is 1.70 bits per heavy atom. The Hall–Kier alpha value is -3.13. The number of fused-ring (bicyclic) bond motifs is 1. The van der Waals surface area contributed by atoms with Crippen molar-refractivity contribution in [3.05, 3.63) is 82.9 Å². The number of aryl methyl sites for hydroxylation is 1. The molecule has 0 radical (unpaired) electrons. The minimum Gasteiger partial charge on any atom is -0.490 e. The Labute approximate surface area is 191 Å². The lowest BCUT2D eigenvalue weighted by atomic mass is 9.91. The molecule has 0 saturated heterocycles. The van der Waals surface area contributed by atoms with Gasteiger partial charge in [-0.3, -0.25) is 0 Å². The molecule has 1 aliphatic carbocycles. The average molecular weight is 475 g/mol. The summed E-state index contributed by atoms with van der Waals surface area (Å²) in [6.07, 6.45) is 2.91. The minimum absolute atomic E-state index is 0.0262. The van der Waals surface area contributed by atoms with Crippen LogP contribution >= 0.6 is 0 Å². The molecule has 3 aromatic rings. The predicted molar refractivity (Wildman–Crippen MR) is 120 cm³/mol. The van der Waals surface area contributed by atoms with Crippen LogP contribution in [0.25, 0.3) is 0 Å². The van der Waals surface area contributed by atoms with Gasteiger partial charge in [0.2, 0.25) is 5.75 Å². The highest BCUT2D eigenvalue weighted by Crippen LogP contribution is 2.48. The van der Waals surface area contributed by atoms with Crippen LogP contribution in [0.2, 0.25) is 0 Å². The summed E-state index contributed by atoms with van der Waals surface area (Å²) in [6, 6.07) is 17.7. The van der Waals surface area contributed by atoms with E-state index in [1.165, 1.54) is 36.4 Å². The number of hydrogen-bond donors (Lipinski definition) is 0. The monoisotopic (exact) mass is 474 g/mol. The maximum absolute atomic E-state index is 13.0. The summed E-state index contributed by atoms with van der Waals surface area (Å²) in [7, 11) is -1.93. The van der Waals surface area contributed by atoms with Gasteiger partial charge in [0, 0.05) is 17.7 Å². The van der Waals surface area contributed by atoms with Crippen LogP contribution in [0, 0.1) is 0 Å². The molecule has 0 N–H and O–H groups in total. The maximum atomic E-state index is 13.0. The summed E-state index contributed by atoms with van der Waals surface area (Å²) in [6.45, 7) is -2.91. The molecule has 174 valence electrons. The van der Waals surface area contributed by atoms with Crippen molar-refractivity contribution in [3.63, 3.8) is 0 Å². The SMILES string of the molecule is COc1c(OC(F)F)ccc(C2CCc3ccccc32)c1OCc1ccc(S(C)(=O)=O)cc1. The van der Waals surface area contributed by atoms with Crippen molar-refractivity contribution in [2.24, 2.45) is 0 Å². The molecule has 1 unspecified atom stereocenters. The van der Waals surface area contributed by atoms with Crippen molar-refractivity contribution >= 4 is 9.84 Å². The predicted octanol–water partition coefficient (Wildman–Crippen LogP) is 5.36. The van der Waals surface area contributed by atoms with Gasteiger partial charge in [0.25, 0.3) is 0 Å². The number of rotatable bonds is 8. The van der Waals surface area contributed by atoms with Crippen LogP contribution in [0.5, 0.6) is 17.2 Å². The zero-order chi connectivity index (χ0) is 23.6. The van der Waals surface area contributed by atoms with E-state index in [9.17, 15) is 17.2 Å². The summed E-state index contributed by atoms with van der Waals surface area (Å²) < 4.78 is 65.6. The van der Waals surface area contributed by atoms with Crippen molar-refractivity contribution in [1.82, 2.24) is 0 Å². The van der Waals surface area contributed by atoms with E-state index in [1.54, 1.807) is 18.2 Å². The zero-order valence-electron chi connectivity index (χ0n) is 18.3. The van der Waals surface area contributed by atoms with E-state index in [2.05, 4.69) is 16.9 Å². The van der Waals surface area contributed by atoms with E-state index in [4.69, 9.17) is 9.47 Å². The van der Waals surface area contributed by atoms with Gasteiger partial charge in [0.15, 0.2) is 21.3 Å². The van der Waals surface area contributed by atoms with Gasteiger partial charge in [-0.1, -0.05) is 42.5 Å². The molecule has 0 saturated carbocycles. The Morgan fingerprint density at radius 1 is 0.970 bits per heavy atom. The van der Waals surface area contributed by atoms with Gasteiger partial charge in [-0.15, -0.1) is 0 Å². The second kappa shape index (κ2) is 9.39. The molecular formula is C25H24F2O5S. The lowest BCUT2D eigenvalue weighted by molar-refractivity contribution is -0.0514. The fourth-order valence-electron chi connectivity index (χ4n) is 4.23. The van der Waals surface area contributed by atoms with Gasteiger partial charge in [0.1, 0.15) is 6.61 Å². The van der Waals surface area contributed by atoms with Crippen molar-refractivity contribution in [3.8, 4) is 17.2 Å². The van der Waals surface area contributed by atoms with E-state index in [-0.39, 0.29) is 28.9 Å². The molecule has 0 amide bonds. The van der Waals surface area contributed by atoms with Crippen LogP contribution in [-0.4, -0.2) is 28.4 Å². The molecule has 5 nitrogen and oxygen atoms in total. The number of benzene rings is 3. The zero-order valence-corrected chi connectivity index (χ0v) is 19.1. The summed E-state index contributed by atoms with van der Waals surface area (Å²) in [5.74, 6) is 0.359. The molecule has 1 aliphatic rings. The van der Waals surface area contributed by atoms with Crippen LogP contribution in [0.4, 0.5) is 8.78 Å². The van der Waals surface area contributed by atoms with Gasteiger partial charge in [-0.05, 0) is 47.7 Å². The Balaban J connectivity index is 1.71. The molecule has 0 heterocycles. The first-order valence-electron chi connectivity index (χ1n) is 10.4. The topological polar surface area (TPSA) is 61.8 Å². The summed E-state index contributed by atoms with van der Waals surface area (Å²) in [5, 5.41) is 0. The van der Waals surface area contributed by atoms with Crippen LogP contribution in [0.1, 0.15) is 34.6 Å². The Bertz CT molecular complexity index is 1240. The quantitative estimate of drug-likeness (QED) is 0.440. The largest absolute Gasteiger partial charge is 0.490 e. The standard InChI is InChI=1S/C25H24F2O5S/c1-30-24-22(32-25(26)27)14-13-21(20-12-9-17-5-3-4-6-19(17)20)23(24)31-15-16-7-10-18(11-8-16)33(2,28)29/h3-8,10-11,13-14,20,25H,9,12,15H2,1-2H3. The summed E-state index contributed by atoms with van der Waals surface area (Å²) in [4.78, 5) is 0.208. The van der Waals surface area contributed by atoms with Crippen molar-refractivity contribution < 1.29 is 31.4 Å². The van der Waals surface area contributed by atoms with E-state index in [0.717, 1.165) is 30.2 Å². The Morgan fingerprint density at radius 3 is 2.36 bits per heavy atom. The number of halogens is 2. The van der Waals surface area contributed by atoms with E-state index >= 15 is 0 Å². The van der Waals surface area contributed by atoms with Crippen LogP contribution < -0.4 is 14.2 Å². The van der Waals surface area contributed by atoms with Gasteiger partial charge in [0.05, 0.1) is 12.0 Å². The molecule has 0 aliphatic heterocycles.